The van der Waals surface area contributed by atoms with E-state index < -0.39 is 10.0 Å². The third-order valence-electron chi connectivity index (χ3n) is 4.79. The lowest BCUT2D eigenvalue weighted by atomic mass is 9.84. The fourth-order valence-electron chi connectivity index (χ4n) is 3.24. The van der Waals surface area contributed by atoms with Crippen molar-refractivity contribution in [3.8, 4) is 0 Å². The van der Waals surface area contributed by atoms with Crippen molar-refractivity contribution in [3.05, 3.63) is 11.5 Å². The number of hydrogen-bond donors (Lipinski definition) is 0. The summed E-state index contributed by atoms with van der Waals surface area (Å²) in [5, 5.41) is 3.74. The van der Waals surface area contributed by atoms with E-state index in [0.717, 1.165) is 19.3 Å². The summed E-state index contributed by atoms with van der Waals surface area (Å²) in [6, 6.07) is 0. The molecule has 1 aliphatic heterocycles. The molecule has 23 heavy (non-hydrogen) atoms. The Hall–Kier alpha value is -1.41. The normalized spacial score (nSPS) is 21.0. The lowest BCUT2D eigenvalue weighted by Crippen LogP contribution is -2.41. The van der Waals surface area contributed by atoms with E-state index in [0.29, 0.717) is 44.1 Å². The van der Waals surface area contributed by atoms with E-state index in [-0.39, 0.29) is 16.7 Å². The molecule has 0 radical (unpaired) electrons. The topological polar surface area (TPSA) is 83.7 Å². The molecule has 128 valence electrons. The molecule has 0 aromatic carbocycles. The van der Waals surface area contributed by atoms with Gasteiger partial charge in [0.05, 0.1) is 0 Å². The van der Waals surface area contributed by atoms with Gasteiger partial charge in [0.2, 0.25) is 15.9 Å². The summed E-state index contributed by atoms with van der Waals surface area (Å²) < 4.78 is 32.1. The van der Waals surface area contributed by atoms with Gasteiger partial charge in [0.25, 0.3) is 0 Å². The van der Waals surface area contributed by atoms with Crippen molar-refractivity contribution in [1.82, 2.24) is 14.4 Å². The highest BCUT2D eigenvalue weighted by molar-refractivity contribution is 7.89. The first-order valence-electron chi connectivity index (χ1n) is 8.13. The second kappa shape index (κ2) is 6.24. The van der Waals surface area contributed by atoms with Crippen LogP contribution in [0.1, 0.15) is 37.1 Å². The van der Waals surface area contributed by atoms with Gasteiger partial charge in [0.15, 0.2) is 5.76 Å². The summed E-state index contributed by atoms with van der Waals surface area (Å²) in [7, 11) is -3.63. The molecule has 8 heteroatoms. The summed E-state index contributed by atoms with van der Waals surface area (Å²) in [5.74, 6) is 0.655. The molecule has 0 N–H and O–H groups in total. The smallest absolute Gasteiger partial charge is 0.248 e. The number of carbonyl (C=O) groups is 1. The second-order valence-corrected chi connectivity index (χ2v) is 8.24. The highest BCUT2D eigenvalue weighted by atomic mass is 32.2. The van der Waals surface area contributed by atoms with Gasteiger partial charge in [-0.25, -0.2) is 8.42 Å². The second-order valence-electron chi connectivity index (χ2n) is 6.36. The Morgan fingerprint density at radius 3 is 2.43 bits per heavy atom. The lowest BCUT2D eigenvalue weighted by molar-refractivity contribution is -0.138. The zero-order valence-corrected chi connectivity index (χ0v) is 14.4. The van der Waals surface area contributed by atoms with E-state index in [1.54, 1.807) is 13.8 Å². The molecular formula is C15H23N3O4S. The van der Waals surface area contributed by atoms with Crippen LogP contribution in [0.15, 0.2) is 9.42 Å². The van der Waals surface area contributed by atoms with Gasteiger partial charge < -0.3 is 9.42 Å². The van der Waals surface area contributed by atoms with Crippen LogP contribution in [-0.4, -0.2) is 54.9 Å². The van der Waals surface area contributed by atoms with E-state index in [1.807, 2.05) is 4.90 Å². The first kappa shape index (κ1) is 16.4. The van der Waals surface area contributed by atoms with Gasteiger partial charge >= 0.3 is 0 Å². The van der Waals surface area contributed by atoms with Crippen molar-refractivity contribution in [1.29, 1.82) is 0 Å². The maximum atomic E-state index is 12.8. The van der Waals surface area contributed by atoms with Gasteiger partial charge in [-0.3, -0.25) is 4.79 Å². The maximum absolute atomic E-state index is 12.8. The van der Waals surface area contributed by atoms with Crippen LogP contribution in [0.25, 0.3) is 0 Å². The predicted molar refractivity (Wildman–Crippen MR) is 83.3 cm³/mol. The Kier molecular flexibility index (Phi) is 4.46. The number of aromatic nitrogens is 1. The highest BCUT2D eigenvalue weighted by Gasteiger charge is 2.35. The first-order chi connectivity index (χ1) is 10.9. The van der Waals surface area contributed by atoms with Crippen molar-refractivity contribution in [2.75, 3.05) is 26.2 Å². The fourth-order valence-corrected chi connectivity index (χ4v) is 5.00. The molecule has 1 aliphatic carbocycles. The minimum Gasteiger partial charge on any atom is -0.360 e. The number of sulfonamides is 1. The van der Waals surface area contributed by atoms with Crippen LogP contribution in [0.5, 0.6) is 0 Å². The molecule has 2 heterocycles. The number of carbonyl (C=O) groups excluding carboxylic acids is 1. The van der Waals surface area contributed by atoms with Gasteiger partial charge in [-0.05, 0) is 33.1 Å². The molecule has 1 saturated heterocycles. The molecule has 1 aromatic heterocycles. The van der Waals surface area contributed by atoms with Crippen LogP contribution in [-0.2, 0) is 14.8 Å². The number of aryl methyl sites for hydroxylation is 2. The molecule has 1 amide bonds. The quantitative estimate of drug-likeness (QED) is 0.828. The molecular weight excluding hydrogens is 318 g/mol. The summed E-state index contributed by atoms with van der Waals surface area (Å²) >= 11 is 0. The van der Waals surface area contributed by atoms with Crippen LogP contribution in [0, 0.1) is 19.8 Å². The van der Waals surface area contributed by atoms with Crippen molar-refractivity contribution in [3.63, 3.8) is 0 Å². The minimum absolute atomic E-state index is 0.153. The molecule has 1 saturated carbocycles. The Morgan fingerprint density at radius 1 is 1.13 bits per heavy atom. The Morgan fingerprint density at radius 2 is 1.87 bits per heavy atom. The number of hydrogen-bond acceptors (Lipinski definition) is 5. The fraction of sp³-hybridized carbons (Fsp3) is 0.733. The van der Waals surface area contributed by atoms with Gasteiger partial charge in [-0.1, -0.05) is 11.6 Å². The van der Waals surface area contributed by atoms with E-state index in [2.05, 4.69) is 5.16 Å². The van der Waals surface area contributed by atoms with Crippen molar-refractivity contribution >= 4 is 15.9 Å². The Bertz CT molecular complexity index is 674. The summed E-state index contributed by atoms with van der Waals surface area (Å²) in [4.78, 5) is 14.3. The molecule has 0 atom stereocenters. The van der Waals surface area contributed by atoms with Gasteiger partial charge in [0, 0.05) is 32.1 Å². The average molecular weight is 341 g/mol. The van der Waals surface area contributed by atoms with Crippen LogP contribution in [0.3, 0.4) is 0 Å². The van der Waals surface area contributed by atoms with Gasteiger partial charge in [-0.15, -0.1) is 0 Å². The number of rotatable bonds is 3. The van der Waals surface area contributed by atoms with E-state index in [9.17, 15) is 13.2 Å². The van der Waals surface area contributed by atoms with E-state index in [1.165, 1.54) is 4.31 Å². The summed E-state index contributed by atoms with van der Waals surface area (Å²) in [5.41, 5.74) is 0.383. The number of amides is 1. The largest absolute Gasteiger partial charge is 0.360 e. The van der Waals surface area contributed by atoms with E-state index >= 15 is 0 Å². The zero-order valence-electron chi connectivity index (χ0n) is 13.6. The monoisotopic (exact) mass is 341 g/mol. The molecule has 2 fully saturated rings. The lowest BCUT2D eigenvalue weighted by Gasteiger charge is -2.30. The third kappa shape index (κ3) is 3.01. The molecule has 0 bridgehead atoms. The van der Waals surface area contributed by atoms with Crippen LogP contribution in [0.4, 0.5) is 0 Å². The molecule has 0 spiro atoms. The highest BCUT2D eigenvalue weighted by Crippen LogP contribution is 2.29. The Balaban J connectivity index is 1.73. The van der Waals surface area contributed by atoms with Gasteiger partial charge in [-0.2, -0.15) is 4.31 Å². The van der Waals surface area contributed by atoms with Crippen LogP contribution in [0.2, 0.25) is 0 Å². The zero-order chi connectivity index (χ0) is 16.6. The van der Waals surface area contributed by atoms with Crippen molar-refractivity contribution in [2.45, 2.75) is 44.4 Å². The molecule has 2 aliphatic rings. The molecule has 3 rings (SSSR count). The van der Waals surface area contributed by atoms with Crippen molar-refractivity contribution < 1.29 is 17.7 Å². The maximum Gasteiger partial charge on any atom is 0.248 e. The molecule has 7 nitrogen and oxygen atoms in total. The standard InChI is InChI=1S/C15H23N3O4S/c1-11-14(12(2)22-16-11)23(20,21)18-8-4-7-17(9-10-18)15(19)13-5-3-6-13/h13H,3-10H2,1-2H3. The van der Waals surface area contributed by atoms with Crippen molar-refractivity contribution in [2.24, 2.45) is 5.92 Å². The first-order valence-corrected chi connectivity index (χ1v) is 9.57. The minimum atomic E-state index is -3.63. The summed E-state index contributed by atoms with van der Waals surface area (Å²) in [6.07, 6.45) is 3.71. The summed E-state index contributed by atoms with van der Waals surface area (Å²) in [6.45, 7) is 5.07. The predicted octanol–water partition coefficient (Wildman–Crippen LogP) is 1.31. The van der Waals surface area contributed by atoms with Crippen LogP contribution < -0.4 is 0 Å². The molecule has 0 unspecified atom stereocenters. The van der Waals surface area contributed by atoms with E-state index in [4.69, 9.17) is 4.52 Å². The molecule has 1 aromatic rings. The SMILES string of the molecule is Cc1noc(C)c1S(=O)(=O)N1CCCN(C(=O)C2CCC2)CC1. The number of nitrogens with zero attached hydrogens (tertiary/aromatic N) is 3. The van der Waals surface area contributed by atoms with Gasteiger partial charge in [0.1, 0.15) is 10.6 Å². The third-order valence-corrected chi connectivity index (χ3v) is 6.93. The van der Waals surface area contributed by atoms with Crippen LogP contribution >= 0.6 is 0 Å². The average Bonchev–Trinajstić information content (AvgIpc) is 2.65. The Labute approximate surface area is 136 Å².